The molecular weight excluding hydrogens is 178 g/mol. The molecule has 0 spiro atoms. The second kappa shape index (κ2) is 4.03. The van der Waals surface area contributed by atoms with Crippen molar-refractivity contribution in [2.24, 2.45) is 0 Å². The van der Waals surface area contributed by atoms with Gasteiger partial charge < -0.3 is 10.1 Å². The largest absolute Gasteiger partial charge is 0.444 e. The van der Waals surface area contributed by atoms with E-state index in [2.05, 4.69) is 18.3 Å². The zero-order chi connectivity index (χ0) is 10.8. The van der Waals surface area contributed by atoms with Crippen molar-refractivity contribution in [2.75, 3.05) is 0 Å². The summed E-state index contributed by atoms with van der Waals surface area (Å²) in [5.74, 6) is 0. The van der Waals surface area contributed by atoms with E-state index in [1.165, 1.54) is 5.57 Å². The first kappa shape index (κ1) is 11.1. The molecule has 0 aromatic carbocycles. The molecule has 0 aromatic heterocycles. The van der Waals surface area contributed by atoms with E-state index >= 15 is 0 Å². The standard InChI is InChI=1S/C11H19NO2/c1-8-5-6-9(7-8)12-10(13)14-11(2,3)4/h5,9H,6-7H2,1-4H3,(H,12,13)/t9-/m0/s1. The minimum absolute atomic E-state index is 0.227. The molecular formula is C11H19NO2. The Morgan fingerprint density at radius 1 is 1.57 bits per heavy atom. The normalized spacial score (nSPS) is 21.7. The second-order valence-corrected chi connectivity index (χ2v) is 4.83. The quantitative estimate of drug-likeness (QED) is 0.656. The van der Waals surface area contributed by atoms with E-state index in [9.17, 15) is 4.79 Å². The number of nitrogens with one attached hydrogen (secondary N) is 1. The molecule has 3 heteroatoms. The molecule has 0 bridgehead atoms. The maximum Gasteiger partial charge on any atom is 0.407 e. The minimum Gasteiger partial charge on any atom is -0.444 e. The smallest absolute Gasteiger partial charge is 0.407 e. The molecule has 0 aromatic rings. The van der Waals surface area contributed by atoms with E-state index in [0.29, 0.717) is 0 Å². The fraction of sp³-hybridized carbons (Fsp3) is 0.727. The Balaban J connectivity index is 2.29. The highest BCUT2D eigenvalue weighted by atomic mass is 16.6. The molecule has 1 amide bonds. The molecule has 0 aliphatic heterocycles. The zero-order valence-corrected chi connectivity index (χ0v) is 9.39. The number of alkyl carbamates (subject to hydrolysis) is 1. The average molecular weight is 197 g/mol. The maximum atomic E-state index is 11.4. The highest BCUT2D eigenvalue weighted by Crippen LogP contribution is 2.18. The van der Waals surface area contributed by atoms with Gasteiger partial charge in [0.1, 0.15) is 5.60 Å². The fourth-order valence-electron chi connectivity index (χ4n) is 1.48. The zero-order valence-electron chi connectivity index (χ0n) is 9.39. The summed E-state index contributed by atoms with van der Waals surface area (Å²) >= 11 is 0. The van der Waals surface area contributed by atoms with Crippen molar-refractivity contribution >= 4 is 6.09 Å². The number of amides is 1. The van der Waals surface area contributed by atoms with Gasteiger partial charge in [-0.15, -0.1) is 0 Å². The molecule has 0 fully saturated rings. The van der Waals surface area contributed by atoms with E-state index in [0.717, 1.165) is 12.8 Å². The predicted molar refractivity (Wildman–Crippen MR) is 56.1 cm³/mol. The summed E-state index contributed by atoms with van der Waals surface area (Å²) in [6, 6.07) is 0.227. The van der Waals surface area contributed by atoms with Crippen LogP contribution in [0.1, 0.15) is 40.5 Å². The third-order valence-electron chi connectivity index (χ3n) is 2.04. The molecule has 1 N–H and O–H groups in total. The molecule has 1 aliphatic carbocycles. The summed E-state index contributed by atoms with van der Waals surface area (Å²) in [6.45, 7) is 7.68. The van der Waals surface area contributed by atoms with E-state index < -0.39 is 5.60 Å². The van der Waals surface area contributed by atoms with Gasteiger partial charge in [-0.05, 0) is 40.5 Å². The van der Waals surface area contributed by atoms with Crippen molar-refractivity contribution in [2.45, 2.75) is 52.2 Å². The summed E-state index contributed by atoms with van der Waals surface area (Å²) in [6.07, 6.45) is 3.71. The number of rotatable bonds is 1. The minimum atomic E-state index is -0.412. The number of ether oxygens (including phenoxy) is 1. The Bertz CT molecular complexity index is 251. The molecule has 1 rings (SSSR count). The van der Waals surface area contributed by atoms with Crippen molar-refractivity contribution < 1.29 is 9.53 Å². The molecule has 0 saturated carbocycles. The van der Waals surface area contributed by atoms with Crippen LogP contribution in [-0.2, 0) is 4.74 Å². The molecule has 0 heterocycles. The number of carbonyl (C=O) groups is 1. The second-order valence-electron chi connectivity index (χ2n) is 4.83. The van der Waals surface area contributed by atoms with Crippen LogP contribution >= 0.6 is 0 Å². The van der Waals surface area contributed by atoms with Crippen LogP contribution in [0.15, 0.2) is 11.6 Å². The lowest BCUT2D eigenvalue weighted by Gasteiger charge is -2.21. The molecule has 14 heavy (non-hydrogen) atoms. The number of hydrogen-bond acceptors (Lipinski definition) is 2. The topological polar surface area (TPSA) is 38.3 Å². The van der Waals surface area contributed by atoms with E-state index in [1.807, 2.05) is 20.8 Å². The van der Waals surface area contributed by atoms with Crippen molar-refractivity contribution in [1.29, 1.82) is 0 Å². The van der Waals surface area contributed by atoms with Crippen LogP contribution in [0.4, 0.5) is 4.79 Å². The lowest BCUT2D eigenvalue weighted by Crippen LogP contribution is -2.38. The first-order valence-electron chi connectivity index (χ1n) is 5.02. The van der Waals surface area contributed by atoms with Crippen molar-refractivity contribution in [3.8, 4) is 0 Å². The van der Waals surface area contributed by atoms with Gasteiger partial charge >= 0.3 is 6.09 Å². The lowest BCUT2D eigenvalue weighted by molar-refractivity contribution is 0.0507. The molecule has 3 nitrogen and oxygen atoms in total. The van der Waals surface area contributed by atoms with Gasteiger partial charge in [0.25, 0.3) is 0 Å². The first-order valence-corrected chi connectivity index (χ1v) is 5.02. The summed E-state index contributed by atoms with van der Waals surface area (Å²) < 4.78 is 5.16. The van der Waals surface area contributed by atoms with Crippen molar-refractivity contribution in [3.05, 3.63) is 11.6 Å². The average Bonchev–Trinajstić information content (AvgIpc) is 2.30. The molecule has 0 radical (unpaired) electrons. The van der Waals surface area contributed by atoms with E-state index in [1.54, 1.807) is 0 Å². The predicted octanol–water partition coefficient (Wildman–Crippen LogP) is 2.62. The van der Waals surface area contributed by atoms with Crippen molar-refractivity contribution in [3.63, 3.8) is 0 Å². The van der Waals surface area contributed by atoms with Crippen LogP contribution in [0.3, 0.4) is 0 Å². The van der Waals surface area contributed by atoms with Gasteiger partial charge in [0.05, 0.1) is 0 Å². The highest BCUT2D eigenvalue weighted by Gasteiger charge is 2.21. The van der Waals surface area contributed by atoms with Gasteiger partial charge in [-0.3, -0.25) is 0 Å². The molecule has 1 atom stereocenters. The summed E-state index contributed by atoms with van der Waals surface area (Å²) in [7, 11) is 0. The van der Waals surface area contributed by atoms with Gasteiger partial charge in [-0.2, -0.15) is 0 Å². The highest BCUT2D eigenvalue weighted by molar-refractivity contribution is 5.68. The van der Waals surface area contributed by atoms with Crippen LogP contribution in [0.5, 0.6) is 0 Å². The lowest BCUT2D eigenvalue weighted by atomic mass is 10.2. The van der Waals surface area contributed by atoms with E-state index in [4.69, 9.17) is 4.74 Å². The van der Waals surface area contributed by atoms with Gasteiger partial charge in [0.15, 0.2) is 0 Å². The van der Waals surface area contributed by atoms with Crippen LogP contribution < -0.4 is 5.32 Å². The molecule has 1 aliphatic rings. The summed E-state index contributed by atoms with van der Waals surface area (Å²) in [5, 5.41) is 2.85. The monoisotopic (exact) mass is 197 g/mol. The van der Waals surface area contributed by atoms with Gasteiger partial charge in [-0.25, -0.2) is 4.79 Å². The summed E-state index contributed by atoms with van der Waals surface area (Å²) in [5.41, 5.74) is 0.927. The molecule has 0 unspecified atom stereocenters. The van der Waals surface area contributed by atoms with Crippen LogP contribution in [0.25, 0.3) is 0 Å². The maximum absolute atomic E-state index is 11.4. The summed E-state index contributed by atoms with van der Waals surface area (Å²) in [4.78, 5) is 11.4. The van der Waals surface area contributed by atoms with Crippen molar-refractivity contribution in [1.82, 2.24) is 5.32 Å². The molecule has 80 valence electrons. The Kier molecular flexibility index (Phi) is 3.19. The Labute approximate surface area is 85.5 Å². The Morgan fingerprint density at radius 3 is 2.64 bits per heavy atom. The molecule has 0 saturated heterocycles. The van der Waals surface area contributed by atoms with Gasteiger partial charge in [0, 0.05) is 6.04 Å². The SMILES string of the molecule is CC1=CC[C@H](NC(=O)OC(C)(C)C)C1. The first-order chi connectivity index (χ1) is 6.37. The van der Waals surface area contributed by atoms with Crippen LogP contribution in [0, 0.1) is 0 Å². The fourth-order valence-corrected chi connectivity index (χ4v) is 1.48. The van der Waals surface area contributed by atoms with Crippen LogP contribution in [-0.4, -0.2) is 17.7 Å². The Hall–Kier alpha value is -0.990. The Morgan fingerprint density at radius 2 is 2.21 bits per heavy atom. The van der Waals surface area contributed by atoms with Gasteiger partial charge in [0.2, 0.25) is 0 Å². The third-order valence-corrected chi connectivity index (χ3v) is 2.04. The third kappa shape index (κ3) is 3.81. The van der Waals surface area contributed by atoms with E-state index in [-0.39, 0.29) is 12.1 Å². The van der Waals surface area contributed by atoms with Gasteiger partial charge in [-0.1, -0.05) is 11.6 Å². The van der Waals surface area contributed by atoms with Crippen LogP contribution in [0.2, 0.25) is 0 Å². The number of hydrogen-bond donors (Lipinski definition) is 1. The number of carbonyl (C=O) groups excluding carboxylic acids is 1.